The molecule has 1 unspecified atom stereocenters. The molecule has 5 rings (SSSR count). The topological polar surface area (TPSA) is 139 Å². The number of sulfone groups is 1. The number of carbonyl (C=O) groups excluding carboxylic acids is 2. The van der Waals surface area contributed by atoms with Gasteiger partial charge in [0, 0.05) is 19.3 Å². The fourth-order valence-corrected chi connectivity index (χ4v) is 6.71. The molecule has 13 heteroatoms. The van der Waals surface area contributed by atoms with Crippen LogP contribution in [0.25, 0.3) is 0 Å². The highest BCUT2D eigenvalue weighted by atomic mass is 32.2. The summed E-state index contributed by atoms with van der Waals surface area (Å²) >= 11 is 1.11. The van der Waals surface area contributed by atoms with Crippen molar-refractivity contribution in [1.29, 1.82) is 0 Å². The van der Waals surface area contributed by atoms with E-state index in [0.29, 0.717) is 55.3 Å². The molecule has 3 aromatic rings. The second-order valence-electron chi connectivity index (χ2n) is 9.57. The van der Waals surface area contributed by atoms with Crippen molar-refractivity contribution in [2.45, 2.75) is 48.0 Å². The van der Waals surface area contributed by atoms with Gasteiger partial charge in [0.25, 0.3) is 5.91 Å². The number of methoxy groups -OCH3 is 2. The first-order chi connectivity index (χ1) is 19.8. The largest absolute Gasteiger partial charge is 0.496 e. The minimum atomic E-state index is -3.35. The molecule has 0 radical (unpaired) electrons. The number of esters is 1. The first kappa shape index (κ1) is 29.0. The summed E-state index contributed by atoms with van der Waals surface area (Å²) in [7, 11) is -0.631. The number of amides is 1. The summed E-state index contributed by atoms with van der Waals surface area (Å²) in [6, 6.07) is 11.0. The number of nitrogens with one attached hydrogen (secondary N) is 1. The number of hydrogen-bond acceptors (Lipinski definition) is 11. The standard InChI is InChI=1S/C28H30N2O9S2/c1-35-23-15-19(5-10-22(23)27(32)36-2)38-24-16-29-28(40-24)30-26(31)25(39-18-11-13-37-14-12-18)17-3-6-20(7-4-17)41(33,34)21-8-9-21/h3-7,10,15-16,18,21,25H,8-9,11-14H2,1-2H3,(H,29,30,31). The average Bonchev–Trinajstić information content (AvgIpc) is 3.77. The van der Waals surface area contributed by atoms with Crippen molar-refractivity contribution >= 4 is 38.2 Å². The minimum absolute atomic E-state index is 0.187. The average molecular weight is 603 g/mol. The van der Waals surface area contributed by atoms with Gasteiger partial charge in [-0.05, 0) is 55.5 Å². The summed E-state index contributed by atoms with van der Waals surface area (Å²) in [6.45, 7) is 1.08. The number of carbonyl (C=O) groups is 2. The van der Waals surface area contributed by atoms with Crippen molar-refractivity contribution in [2.24, 2.45) is 0 Å². The van der Waals surface area contributed by atoms with Gasteiger partial charge < -0.3 is 23.7 Å². The van der Waals surface area contributed by atoms with Crippen molar-refractivity contribution in [1.82, 2.24) is 4.98 Å². The van der Waals surface area contributed by atoms with Crippen LogP contribution in [0.1, 0.15) is 47.7 Å². The molecule has 1 saturated heterocycles. The molecule has 1 aliphatic heterocycles. The van der Waals surface area contributed by atoms with Gasteiger partial charge in [0.1, 0.15) is 17.1 Å². The van der Waals surface area contributed by atoms with Crippen molar-refractivity contribution < 1.29 is 41.7 Å². The van der Waals surface area contributed by atoms with Crippen LogP contribution in [-0.2, 0) is 28.8 Å². The minimum Gasteiger partial charge on any atom is -0.496 e. The molecule has 0 bridgehead atoms. The van der Waals surface area contributed by atoms with Gasteiger partial charge in [-0.25, -0.2) is 18.2 Å². The maximum atomic E-state index is 13.4. The molecule has 1 atom stereocenters. The van der Waals surface area contributed by atoms with Crippen LogP contribution in [-0.4, -0.2) is 64.1 Å². The summed E-state index contributed by atoms with van der Waals surface area (Å²) in [4.78, 5) is 29.8. The smallest absolute Gasteiger partial charge is 0.341 e. The SMILES string of the molecule is COC(=O)c1ccc(Oc2cnc(NC(=O)C(OC3CCOCC3)c3ccc(S(=O)(=O)C4CC4)cc3)s2)cc1OC. The molecular weight excluding hydrogens is 572 g/mol. The van der Waals surface area contributed by atoms with E-state index < -0.39 is 27.8 Å². The van der Waals surface area contributed by atoms with Gasteiger partial charge in [-0.15, -0.1) is 0 Å². The monoisotopic (exact) mass is 602 g/mol. The van der Waals surface area contributed by atoms with Crippen molar-refractivity contribution in [3.63, 3.8) is 0 Å². The second kappa shape index (κ2) is 12.6. The normalized spacial score (nSPS) is 16.5. The third-order valence-electron chi connectivity index (χ3n) is 6.72. The number of hydrogen-bond donors (Lipinski definition) is 1. The molecule has 218 valence electrons. The molecule has 1 aromatic heterocycles. The Labute approximate surface area is 241 Å². The number of thiazole rings is 1. The predicted molar refractivity (Wildman–Crippen MR) is 149 cm³/mol. The zero-order chi connectivity index (χ0) is 29.0. The Morgan fingerprint density at radius 3 is 2.44 bits per heavy atom. The maximum absolute atomic E-state index is 13.4. The molecule has 41 heavy (non-hydrogen) atoms. The van der Waals surface area contributed by atoms with Gasteiger partial charge in [0.15, 0.2) is 21.1 Å². The molecule has 11 nitrogen and oxygen atoms in total. The van der Waals surface area contributed by atoms with Gasteiger partial charge in [-0.2, -0.15) is 0 Å². The zero-order valence-electron chi connectivity index (χ0n) is 22.5. The summed E-state index contributed by atoms with van der Waals surface area (Å²) < 4.78 is 52.8. The summed E-state index contributed by atoms with van der Waals surface area (Å²) in [5.74, 6) is -0.290. The van der Waals surface area contributed by atoms with Gasteiger partial charge >= 0.3 is 5.97 Å². The van der Waals surface area contributed by atoms with E-state index in [1.54, 1.807) is 24.3 Å². The van der Waals surface area contributed by atoms with E-state index in [1.807, 2.05) is 0 Å². The van der Waals surface area contributed by atoms with E-state index in [9.17, 15) is 18.0 Å². The number of ether oxygens (including phenoxy) is 5. The second-order valence-corrected chi connectivity index (χ2v) is 12.8. The first-order valence-electron chi connectivity index (χ1n) is 13.1. The lowest BCUT2D eigenvalue weighted by atomic mass is 10.1. The Kier molecular flexibility index (Phi) is 8.88. The van der Waals surface area contributed by atoms with Crippen molar-refractivity contribution in [3.05, 3.63) is 59.8 Å². The third-order valence-corrected chi connectivity index (χ3v) is 9.79. The zero-order valence-corrected chi connectivity index (χ0v) is 24.2. The van der Waals surface area contributed by atoms with Crippen molar-refractivity contribution in [3.8, 4) is 16.6 Å². The summed E-state index contributed by atoms with van der Waals surface area (Å²) in [5, 5.41) is 3.15. The summed E-state index contributed by atoms with van der Waals surface area (Å²) in [6.07, 6.45) is 2.93. The number of benzene rings is 2. The third kappa shape index (κ3) is 6.87. The number of anilines is 1. The lowest BCUT2D eigenvalue weighted by Crippen LogP contribution is -2.31. The van der Waals surface area contributed by atoms with Crippen LogP contribution in [0.3, 0.4) is 0 Å². The van der Waals surface area contributed by atoms with E-state index in [-0.39, 0.29) is 32.7 Å². The van der Waals surface area contributed by atoms with E-state index in [1.165, 1.54) is 38.6 Å². The number of rotatable bonds is 11. The van der Waals surface area contributed by atoms with Gasteiger partial charge in [-0.3, -0.25) is 10.1 Å². The van der Waals surface area contributed by atoms with Gasteiger partial charge in [0.2, 0.25) is 5.06 Å². The fraction of sp³-hybridized carbons (Fsp3) is 0.393. The molecule has 1 saturated carbocycles. The lowest BCUT2D eigenvalue weighted by molar-refractivity contribution is -0.136. The molecule has 2 fully saturated rings. The highest BCUT2D eigenvalue weighted by Gasteiger charge is 2.37. The van der Waals surface area contributed by atoms with Gasteiger partial charge in [-0.1, -0.05) is 23.5 Å². The Hall–Kier alpha value is -3.52. The van der Waals surface area contributed by atoms with E-state index >= 15 is 0 Å². The highest BCUT2D eigenvalue weighted by Crippen LogP contribution is 2.36. The quantitative estimate of drug-likeness (QED) is 0.311. The molecule has 1 aliphatic carbocycles. The predicted octanol–water partition coefficient (Wildman–Crippen LogP) is 4.54. The summed E-state index contributed by atoms with van der Waals surface area (Å²) in [5.41, 5.74) is 0.794. The highest BCUT2D eigenvalue weighted by molar-refractivity contribution is 7.92. The van der Waals surface area contributed by atoms with E-state index in [2.05, 4.69) is 10.3 Å². The fourth-order valence-electron chi connectivity index (χ4n) is 4.36. The van der Waals surface area contributed by atoms with Crippen molar-refractivity contribution in [2.75, 3.05) is 32.8 Å². The van der Waals surface area contributed by atoms with Crippen LogP contribution in [0, 0.1) is 0 Å². The number of aromatic nitrogens is 1. The van der Waals surface area contributed by atoms with Crippen LogP contribution in [0.5, 0.6) is 16.6 Å². The Morgan fingerprint density at radius 1 is 1.05 bits per heavy atom. The first-order valence-corrected chi connectivity index (χ1v) is 15.4. The molecule has 2 heterocycles. The lowest BCUT2D eigenvalue weighted by Gasteiger charge is -2.27. The molecule has 2 aliphatic rings. The van der Waals surface area contributed by atoms with Gasteiger partial charge in [0.05, 0.1) is 36.7 Å². The van der Waals surface area contributed by atoms with Crippen LogP contribution in [0.4, 0.5) is 5.13 Å². The number of nitrogens with zero attached hydrogens (tertiary/aromatic N) is 1. The maximum Gasteiger partial charge on any atom is 0.341 e. The van der Waals surface area contributed by atoms with Crippen LogP contribution in [0.2, 0.25) is 0 Å². The van der Waals surface area contributed by atoms with Crippen LogP contribution < -0.4 is 14.8 Å². The van der Waals surface area contributed by atoms with Crippen LogP contribution in [0.15, 0.2) is 53.6 Å². The molecule has 0 spiro atoms. The Bertz CT molecular complexity index is 1490. The molecule has 2 aromatic carbocycles. The Morgan fingerprint density at radius 2 is 1.78 bits per heavy atom. The molecule has 1 amide bonds. The van der Waals surface area contributed by atoms with E-state index in [0.717, 1.165) is 11.3 Å². The van der Waals surface area contributed by atoms with E-state index in [4.69, 9.17) is 23.7 Å². The molecular formula is C28H30N2O9S2. The molecule has 1 N–H and O–H groups in total. The Balaban J connectivity index is 1.30. The van der Waals surface area contributed by atoms with Crippen LogP contribution >= 0.6 is 11.3 Å².